The number of benzene rings is 1. The van der Waals surface area contributed by atoms with E-state index in [-0.39, 0.29) is 5.91 Å². The summed E-state index contributed by atoms with van der Waals surface area (Å²) >= 11 is 0. The van der Waals surface area contributed by atoms with Gasteiger partial charge in [-0.1, -0.05) is 18.2 Å². The Balaban J connectivity index is 2.00. The van der Waals surface area contributed by atoms with E-state index in [4.69, 9.17) is 0 Å². The average molecular weight is 241 g/mol. The molecule has 2 aromatic rings. The van der Waals surface area contributed by atoms with Crippen LogP contribution in [0.1, 0.15) is 22.5 Å². The number of para-hydroxylation sites is 1. The van der Waals surface area contributed by atoms with Crippen molar-refractivity contribution in [2.45, 2.75) is 12.8 Å². The fourth-order valence-electron chi connectivity index (χ4n) is 2.45. The van der Waals surface area contributed by atoms with Crippen LogP contribution in [0.5, 0.6) is 0 Å². The molecule has 18 heavy (non-hydrogen) atoms. The lowest BCUT2D eigenvalue weighted by molar-refractivity contribution is 0.0977. The average Bonchev–Trinajstić information content (AvgIpc) is 2.83. The van der Waals surface area contributed by atoms with Gasteiger partial charge in [0.2, 0.25) is 0 Å². The van der Waals surface area contributed by atoms with Crippen molar-refractivity contribution in [1.29, 1.82) is 0 Å². The van der Waals surface area contributed by atoms with Crippen LogP contribution in [0.3, 0.4) is 0 Å². The molecule has 1 aromatic heterocycles. The molecular weight excluding hydrogens is 226 g/mol. The topological polar surface area (TPSA) is 38.1 Å². The first kappa shape index (κ1) is 11.0. The van der Waals surface area contributed by atoms with Crippen molar-refractivity contribution in [3.05, 3.63) is 48.0 Å². The number of rotatable bonds is 1. The fraction of sp³-hybridized carbons (Fsp3) is 0.286. The number of fused-ring (bicyclic) bond motifs is 1. The van der Waals surface area contributed by atoms with Gasteiger partial charge in [0, 0.05) is 19.3 Å². The molecule has 0 spiro atoms. The molecule has 2 heterocycles. The summed E-state index contributed by atoms with van der Waals surface area (Å²) < 4.78 is 1.76. The zero-order valence-corrected chi connectivity index (χ0v) is 10.3. The van der Waals surface area contributed by atoms with E-state index in [9.17, 15) is 4.79 Å². The first-order chi connectivity index (χ1) is 8.77. The second-order valence-corrected chi connectivity index (χ2v) is 4.58. The van der Waals surface area contributed by atoms with Crippen LogP contribution in [0.15, 0.2) is 36.8 Å². The number of nitrogens with zero attached hydrogens (tertiary/aromatic N) is 3. The SMILES string of the molecule is Cn1cncc1C(=O)N1CCCc2ccccc21. The maximum atomic E-state index is 12.5. The second kappa shape index (κ2) is 4.29. The molecule has 1 amide bonds. The number of anilines is 1. The summed E-state index contributed by atoms with van der Waals surface area (Å²) in [5, 5.41) is 0. The van der Waals surface area contributed by atoms with Crippen molar-refractivity contribution in [3.63, 3.8) is 0 Å². The summed E-state index contributed by atoms with van der Waals surface area (Å²) in [4.78, 5) is 18.4. The van der Waals surface area contributed by atoms with E-state index < -0.39 is 0 Å². The third kappa shape index (κ3) is 1.70. The number of hydrogen-bond acceptors (Lipinski definition) is 2. The number of carbonyl (C=O) groups is 1. The molecule has 1 aliphatic rings. The molecule has 0 radical (unpaired) electrons. The van der Waals surface area contributed by atoms with Gasteiger partial charge >= 0.3 is 0 Å². The van der Waals surface area contributed by atoms with Crippen molar-refractivity contribution < 1.29 is 4.79 Å². The number of amides is 1. The van der Waals surface area contributed by atoms with Gasteiger partial charge in [0.1, 0.15) is 5.69 Å². The van der Waals surface area contributed by atoms with Crippen molar-refractivity contribution in [1.82, 2.24) is 9.55 Å². The molecule has 0 fully saturated rings. The highest BCUT2D eigenvalue weighted by atomic mass is 16.2. The van der Waals surface area contributed by atoms with Crippen LogP contribution in [0.2, 0.25) is 0 Å². The summed E-state index contributed by atoms with van der Waals surface area (Å²) in [6.45, 7) is 0.779. The van der Waals surface area contributed by atoms with Crippen molar-refractivity contribution in [3.8, 4) is 0 Å². The minimum atomic E-state index is 0.0298. The Bertz CT molecular complexity index is 588. The van der Waals surface area contributed by atoms with Gasteiger partial charge in [0.25, 0.3) is 5.91 Å². The summed E-state index contributed by atoms with van der Waals surface area (Å²) in [7, 11) is 1.84. The molecule has 4 nitrogen and oxygen atoms in total. The van der Waals surface area contributed by atoms with Gasteiger partial charge in [-0.2, -0.15) is 0 Å². The third-order valence-electron chi connectivity index (χ3n) is 3.39. The van der Waals surface area contributed by atoms with Crippen molar-refractivity contribution >= 4 is 11.6 Å². The zero-order chi connectivity index (χ0) is 12.5. The maximum Gasteiger partial charge on any atom is 0.276 e. The second-order valence-electron chi connectivity index (χ2n) is 4.58. The lowest BCUT2D eigenvalue weighted by Crippen LogP contribution is -2.36. The van der Waals surface area contributed by atoms with Crippen LogP contribution in [0.25, 0.3) is 0 Å². The van der Waals surface area contributed by atoms with Crippen LogP contribution in [-0.2, 0) is 13.5 Å². The molecule has 4 heteroatoms. The first-order valence-electron chi connectivity index (χ1n) is 6.13. The molecule has 0 N–H and O–H groups in total. The Morgan fingerprint density at radius 1 is 1.33 bits per heavy atom. The van der Waals surface area contributed by atoms with Crippen LogP contribution in [-0.4, -0.2) is 22.0 Å². The first-order valence-corrected chi connectivity index (χ1v) is 6.13. The number of carbonyl (C=O) groups excluding carboxylic acids is 1. The number of imidazole rings is 1. The van der Waals surface area contributed by atoms with Gasteiger partial charge in [-0.25, -0.2) is 4.98 Å². The Labute approximate surface area is 106 Å². The Morgan fingerprint density at radius 3 is 2.94 bits per heavy atom. The highest BCUT2D eigenvalue weighted by Crippen LogP contribution is 2.27. The largest absolute Gasteiger partial charge is 0.330 e. The van der Waals surface area contributed by atoms with Gasteiger partial charge in [-0.05, 0) is 24.5 Å². The van der Waals surface area contributed by atoms with Crippen LogP contribution in [0, 0.1) is 0 Å². The standard InChI is InChI=1S/C14H15N3O/c1-16-10-15-9-13(16)14(18)17-8-4-6-11-5-2-3-7-12(11)17/h2-3,5,7,9-10H,4,6,8H2,1H3. The highest BCUT2D eigenvalue weighted by molar-refractivity contribution is 6.05. The van der Waals surface area contributed by atoms with E-state index in [1.165, 1.54) is 5.56 Å². The van der Waals surface area contributed by atoms with Crippen LogP contribution < -0.4 is 4.90 Å². The van der Waals surface area contributed by atoms with Gasteiger partial charge in [0.15, 0.2) is 0 Å². The monoisotopic (exact) mass is 241 g/mol. The molecule has 0 bridgehead atoms. The van der Waals surface area contributed by atoms with Gasteiger partial charge < -0.3 is 9.47 Å². The Morgan fingerprint density at radius 2 is 2.17 bits per heavy atom. The van der Waals surface area contributed by atoms with Crippen molar-refractivity contribution in [2.75, 3.05) is 11.4 Å². The van der Waals surface area contributed by atoms with E-state index in [0.717, 1.165) is 25.1 Å². The fourth-order valence-corrected chi connectivity index (χ4v) is 2.45. The van der Waals surface area contributed by atoms with E-state index >= 15 is 0 Å². The summed E-state index contributed by atoms with van der Waals surface area (Å²) in [6.07, 6.45) is 5.34. The van der Waals surface area contributed by atoms with E-state index in [1.54, 1.807) is 17.1 Å². The molecular formula is C14H15N3O. The molecule has 3 rings (SSSR count). The number of aromatic nitrogens is 2. The minimum Gasteiger partial charge on any atom is -0.330 e. The van der Waals surface area contributed by atoms with Crippen LogP contribution in [0.4, 0.5) is 5.69 Å². The van der Waals surface area contributed by atoms with Crippen LogP contribution >= 0.6 is 0 Å². The predicted molar refractivity (Wildman–Crippen MR) is 69.6 cm³/mol. The van der Waals surface area contributed by atoms with E-state index in [2.05, 4.69) is 11.1 Å². The molecule has 0 aliphatic carbocycles. The molecule has 1 aliphatic heterocycles. The minimum absolute atomic E-state index is 0.0298. The molecule has 1 aromatic carbocycles. The lowest BCUT2D eigenvalue weighted by atomic mass is 10.0. The molecule has 0 unspecified atom stereocenters. The summed E-state index contributed by atoms with van der Waals surface area (Å²) in [6, 6.07) is 8.12. The molecule has 92 valence electrons. The summed E-state index contributed by atoms with van der Waals surface area (Å²) in [5.74, 6) is 0.0298. The number of aryl methyl sites for hydroxylation is 2. The normalized spacial score (nSPS) is 14.4. The summed E-state index contributed by atoms with van der Waals surface area (Å²) in [5.41, 5.74) is 2.92. The van der Waals surface area contributed by atoms with E-state index in [1.807, 2.05) is 30.1 Å². The Kier molecular flexibility index (Phi) is 2.63. The maximum absolute atomic E-state index is 12.5. The van der Waals surface area contributed by atoms with Gasteiger partial charge in [0.05, 0.1) is 12.5 Å². The van der Waals surface area contributed by atoms with E-state index in [0.29, 0.717) is 5.69 Å². The predicted octanol–water partition coefficient (Wildman–Crippen LogP) is 2.01. The van der Waals surface area contributed by atoms with Crippen molar-refractivity contribution in [2.24, 2.45) is 7.05 Å². The number of hydrogen-bond donors (Lipinski definition) is 0. The van der Waals surface area contributed by atoms with Gasteiger partial charge in [-0.3, -0.25) is 4.79 Å². The smallest absolute Gasteiger partial charge is 0.276 e. The molecule has 0 atom stereocenters. The molecule has 0 saturated heterocycles. The third-order valence-corrected chi connectivity index (χ3v) is 3.39. The quantitative estimate of drug-likeness (QED) is 0.766. The molecule has 0 saturated carbocycles. The lowest BCUT2D eigenvalue weighted by Gasteiger charge is -2.29. The zero-order valence-electron chi connectivity index (χ0n) is 10.3. The van der Waals surface area contributed by atoms with Gasteiger partial charge in [-0.15, -0.1) is 0 Å². The highest BCUT2D eigenvalue weighted by Gasteiger charge is 2.24. The Hall–Kier alpha value is -2.10.